The standard InChI is InChI=1S/C29H48N2O7.2ClH/c1-8-26(4)18-20(33)29(36)27(5)19(32)11-12-25(2,3)23(27)22(24(35)28(29,6)38-26)37-21(34)10-9-13-31-16-14-30(7)15-17-31;;/h8,19,22-24,32,35-36H,1,9-18H2,2-7H3;2*1H/t19-,22-,23-,24-,26-,27-,28+,29-;;/m0../s1. The van der Waals surface area contributed by atoms with Gasteiger partial charge in [-0.25, -0.2) is 0 Å². The molecule has 4 aliphatic rings. The lowest BCUT2D eigenvalue weighted by atomic mass is 9.40. The van der Waals surface area contributed by atoms with Gasteiger partial charge in [0.1, 0.15) is 17.8 Å². The van der Waals surface area contributed by atoms with Gasteiger partial charge in [0.05, 0.1) is 11.7 Å². The zero-order valence-electron chi connectivity index (χ0n) is 24.9. The number of aliphatic hydroxyl groups excluding tert-OH is 2. The van der Waals surface area contributed by atoms with Crippen LogP contribution >= 0.6 is 24.8 Å². The van der Waals surface area contributed by atoms with Crippen molar-refractivity contribution in [1.82, 2.24) is 9.80 Å². The number of piperazine rings is 1. The maximum atomic E-state index is 13.8. The van der Waals surface area contributed by atoms with Gasteiger partial charge in [-0.15, -0.1) is 31.4 Å². The van der Waals surface area contributed by atoms with Gasteiger partial charge >= 0.3 is 5.97 Å². The fourth-order valence-corrected chi connectivity index (χ4v) is 8.13. The first kappa shape index (κ1) is 35.4. The van der Waals surface area contributed by atoms with Crippen LogP contribution in [0.2, 0.25) is 0 Å². The van der Waals surface area contributed by atoms with Crippen LogP contribution in [-0.2, 0) is 19.1 Å². The molecule has 2 heterocycles. The van der Waals surface area contributed by atoms with Crippen molar-refractivity contribution in [2.24, 2.45) is 16.7 Å². The lowest BCUT2D eigenvalue weighted by Gasteiger charge is -2.71. The summed E-state index contributed by atoms with van der Waals surface area (Å²) in [5.41, 5.74) is -7.14. The van der Waals surface area contributed by atoms with Crippen LogP contribution in [0.1, 0.15) is 66.7 Å². The Morgan fingerprint density at radius 1 is 1.12 bits per heavy atom. The number of aliphatic hydroxyl groups is 3. The van der Waals surface area contributed by atoms with Crippen molar-refractivity contribution in [2.45, 2.75) is 102 Å². The van der Waals surface area contributed by atoms with E-state index in [1.54, 1.807) is 13.8 Å². The van der Waals surface area contributed by atoms with E-state index in [4.69, 9.17) is 9.47 Å². The molecular weight excluding hydrogens is 559 g/mol. The Morgan fingerprint density at radius 2 is 1.73 bits per heavy atom. The molecule has 40 heavy (non-hydrogen) atoms. The average Bonchev–Trinajstić information content (AvgIpc) is 2.84. The summed E-state index contributed by atoms with van der Waals surface area (Å²) in [6.45, 7) is 17.4. The van der Waals surface area contributed by atoms with E-state index in [0.717, 1.165) is 32.7 Å². The molecule has 4 fully saturated rings. The van der Waals surface area contributed by atoms with E-state index < -0.39 is 63.6 Å². The summed E-state index contributed by atoms with van der Waals surface area (Å²) in [5.74, 6) is -1.63. The van der Waals surface area contributed by atoms with Crippen LogP contribution in [0.3, 0.4) is 0 Å². The molecule has 0 aromatic rings. The molecule has 0 bridgehead atoms. The second-order valence-electron chi connectivity index (χ2n) is 13.5. The first-order valence-corrected chi connectivity index (χ1v) is 14.1. The van der Waals surface area contributed by atoms with Crippen LogP contribution in [0.25, 0.3) is 0 Å². The van der Waals surface area contributed by atoms with Crippen molar-refractivity contribution in [2.75, 3.05) is 39.8 Å². The van der Waals surface area contributed by atoms with Crippen LogP contribution in [0.4, 0.5) is 0 Å². The Bertz CT molecular complexity index is 961. The summed E-state index contributed by atoms with van der Waals surface area (Å²) < 4.78 is 12.4. The highest BCUT2D eigenvalue weighted by Crippen LogP contribution is 2.67. The van der Waals surface area contributed by atoms with Gasteiger partial charge in [-0.2, -0.15) is 0 Å². The molecule has 11 heteroatoms. The third kappa shape index (κ3) is 5.39. The molecule has 4 rings (SSSR count). The topological polar surface area (TPSA) is 120 Å². The predicted octanol–water partition coefficient (Wildman–Crippen LogP) is 2.37. The number of halogens is 2. The van der Waals surface area contributed by atoms with Crippen molar-refractivity contribution in [1.29, 1.82) is 0 Å². The third-order valence-corrected chi connectivity index (χ3v) is 10.5. The van der Waals surface area contributed by atoms with Crippen molar-refractivity contribution in [3.63, 3.8) is 0 Å². The highest BCUT2D eigenvalue weighted by atomic mass is 35.5. The summed E-state index contributed by atoms with van der Waals surface area (Å²) in [4.78, 5) is 31.6. The van der Waals surface area contributed by atoms with Gasteiger partial charge in [0.2, 0.25) is 0 Å². The molecule has 0 spiro atoms. The van der Waals surface area contributed by atoms with Crippen LogP contribution in [-0.4, -0.2) is 112 Å². The molecule has 3 N–H and O–H groups in total. The summed E-state index contributed by atoms with van der Waals surface area (Å²) >= 11 is 0. The Labute approximate surface area is 251 Å². The molecule has 2 aliphatic heterocycles. The first-order chi connectivity index (χ1) is 17.6. The largest absolute Gasteiger partial charge is 0.459 e. The maximum absolute atomic E-state index is 13.8. The van der Waals surface area contributed by atoms with Gasteiger partial charge in [-0.3, -0.25) is 9.59 Å². The fraction of sp³-hybridized carbons (Fsp3) is 0.862. The number of rotatable bonds is 6. The lowest BCUT2D eigenvalue weighted by Crippen LogP contribution is -2.86. The average molecular weight is 610 g/mol. The van der Waals surface area contributed by atoms with Crippen molar-refractivity contribution in [3.8, 4) is 0 Å². The molecular formula is C29H50Cl2N2O7. The van der Waals surface area contributed by atoms with Gasteiger partial charge < -0.3 is 34.6 Å². The predicted molar refractivity (Wildman–Crippen MR) is 157 cm³/mol. The van der Waals surface area contributed by atoms with Crippen LogP contribution in [0.15, 0.2) is 12.7 Å². The Hall–Kier alpha value is -0.780. The Balaban J connectivity index is 0.00000280. The van der Waals surface area contributed by atoms with E-state index in [-0.39, 0.29) is 37.7 Å². The molecule has 2 saturated heterocycles. The summed E-state index contributed by atoms with van der Waals surface area (Å²) in [7, 11) is 2.10. The summed E-state index contributed by atoms with van der Waals surface area (Å²) in [6.07, 6.45) is -0.504. The molecule has 0 amide bonds. The molecule has 0 radical (unpaired) electrons. The van der Waals surface area contributed by atoms with Gasteiger partial charge in [0, 0.05) is 50.4 Å². The van der Waals surface area contributed by atoms with E-state index in [2.05, 4.69) is 23.4 Å². The summed E-state index contributed by atoms with van der Waals surface area (Å²) in [5, 5.41) is 35.7. The number of hydrogen-bond acceptors (Lipinski definition) is 9. The van der Waals surface area contributed by atoms with Gasteiger partial charge in [0.25, 0.3) is 0 Å². The SMILES string of the molecule is C=C[C@@]1(C)CC(=O)[C@]2(O)[C@@]3(C)[C@@H](O)CCC(C)(C)[C@@H]3[C@H](OC(=O)CCCN3CCN(C)CC3)[C@H](O)[C@@]2(C)O1.Cl.Cl. The first-order valence-electron chi connectivity index (χ1n) is 14.1. The molecule has 9 nitrogen and oxygen atoms in total. The second kappa shape index (κ2) is 12.1. The number of esters is 1. The molecule has 0 aromatic carbocycles. The third-order valence-electron chi connectivity index (χ3n) is 10.5. The highest BCUT2D eigenvalue weighted by molar-refractivity contribution is 5.92. The van der Waals surface area contributed by atoms with Gasteiger partial charge in [0.15, 0.2) is 11.4 Å². The normalized spacial score (nSPS) is 43.4. The van der Waals surface area contributed by atoms with Crippen LogP contribution < -0.4 is 0 Å². The number of carbonyl (C=O) groups is 2. The monoisotopic (exact) mass is 608 g/mol. The van der Waals surface area contributed by atoms with Crippen molar-refractivity contribution in [3.05, 3.63) is 12.7 Å². The van der Waals surface area contributed by atoms with E-state index in [0.29, 0.717) is 19.3 Å². The van der Waals surface area contributed by atoms with E-state index >= 15 is 0 Å². The highest BCUT2D eigenvalue weighted by Gasteiger charge is 2.81. The molecule has 2 saturated carbocycles. The minimum atomic E-state index is -2.20. The number of ketones is 1. The number of fused-ring (bicyclic) bond motifs is 3. The van der Waals surface area contributed by atoms with Gasteiger partial charge in [-0.05, 0) is 52.1 Å². The van der Waals surface area contributed by atoms with Crippen molar-refractivity contribution >= 4 is 36.6 Å². The zero-order chi connectivity index (χ0) is 28.3. The van der Waals surface area contributed by atoms with Crippen molar-refractivity contribution < 1.29 is 34.4 Å². The van der Waals surface area contributed by atoms with Gasteiger partial charge in [-0.1, -0.05) is 26.8 Å². The van der Waals surface area contributed by atoms with Crippen LogP contribution in [0, 0.1) is 16.7 Å². The van der Waals surface area contributed by atoms with E-state index in [9.17, 15) is 24.9 Å². The zero-order valence-corrected chi connectivity index (χ0v) is 26.5. The minimum Gasteiger partial charge on any atom is -0.459 e. The van der Waals surface area contributed by atoms with E-state index in [1.165, 1.54) is 13.0 Å². The molecule has 0 aromatic heterocycles. The molecule has 232 valence electrons. The number of hydrogen-bond donors (Lipinski definition) is 3. The summed E-state index contributed by atoms with van der Waals surface area (Å²) in [6, 6.07) is 0. The Morgan fingerprint density at radius 3 is 2.30 bits per heavy atom. The van der Waals surface area contributed by atoms with Crippen LogP contribution in [0.5, 0.6) is 0 Å². The second-order valence-corrected chi connectivity index (χ2v) is 13.5. The molecule has 2 aliphatic carbocycles. The number of ether oxygens (including phenoxy) is 2. The fourth-order valence-electron chi connectivity index (χ4n) is 8.13. The minimum absolute atomic E-state index is 0. The number of nitrogens with zero attached hydrogens (tertiary/aromatic N) is 2. The number of likely N-dealkylation sites (N-methyl/N-ethyl adjacent to an activating group) is 1. The van der Waals surface area contributed by atoms with E-state index in [1.807, 2.05) is 13.8 Å². The smallest absolute Gasteiger partial charge is 0.306 e. The maximum Gasteiger partial charge on any atom is 0.306 e. The molecule has 0 unspecified atom stereocenters. The number of Topliss-reactive ketones (excluding diaryl/α,β-unsaturated/α-hetero) is 1. The molecule has 8 atom stereocenters. The number of carbonyl (C=O) groups excluding carboxylic acids is 2. The quantitative estimate of drug-likeness (QED) is 0.308. The Kier molecular flexibility index (Phi) is 10.7. The lowest BCUT2D eigenvalue weighted by molar-refractivity contribution is -0.370.